The first kappa shape index (κ1) is 25.6. The van der Waals surface area contributed by atoms with Crippen molar-refractivity contribution in [2.75, 3.05) is 74.6 Å². The fourth-order valence-corrected chi connectivity index (χ4v) is 5.98. The fraction of sp³-hybridized carbons (Fsp3) is 0.593. The van der Waals surface area contributed by atoms with Gasteiger partial charge < -0.3 is 30.1 Å². The summed E-state index contributed by atoms with van der Waals surface area (Å²) in [4.78, 5) is 33.7. The quantitative estimate of drug-likeness (QED) is 0.421. The van der Waals surface area contributed by atoms with E-state index in [2.05, 4.69) is 44.4 Å². The number of likely N-dealkylation sites (tertiary alicyclic amines) is 1. The zero-order valence-corrected chi connectivity index (χ0v) is 23.0. The van der Waals surface area contributed by atoms with Crippen molar-refractivity contribution in [3.05, 3.63) is 24.5 Å². The van der Waals surface area contributed by atoms with E-state index in [1.165, 1.54) is 12.8 Å². The lowest BCUT2D eigenvalue weighted by Crippen LogP contribution is -2.41. The Balaban J connectivity index is 1.20. The van der Waals surface area contributed by atoms with E-state index in [9.17, 15) is 4.79 Å². The van der Waals surface area contributed by atoms with Crippen LogP contribution in [0.2, 0.25) is 0 Å². The number of methoxy groups -OCH3 is 1. The average Bonchev–Trinajstić information content (AvgIpc) is 3.72. The maximum absolute atomic E-state index is 12.5. The van der Waals surface area contributed by atoms with E-state index in [0.29, 0.717) is 25.0 Å². The van der Waals surface area contributed by atoms with Crippen molar-refractivity contribution in [3.8, 4) is 0 Å². The van der Waals surface area contributed by atoms with Crippen LogP contribution >= 0.6 is 0 Å². The lowest BCUT2D eigenvalue weighted by molar-refractivity contribution is 0.183. The number of nitrogens with zero attached hydrogens (tertiary/aromatic N) is 8. The molecule has 12 nitrogen and oxygen atoms in total. The van der Waals surface area contributed by atoms with Gasteiger partial charge in [-0.05, 0) is 26.7 Å². The summed E-state index contributed by atoms with van der Waals surface area (Å²) in [6, 6.07) is 4.32. The number of pyridine rings is 1. The van der Waals surface area contributed by atoms with Gasteiger partial charge in [0.25, 0.3) is 0 Å². The van der Waals surface area contributed by atoms with E-state index in [0.717, 1.165) is 73.6 Å². The van der Waals surface area contributed by atoms with Crippen LogP contribution in [0.1, 0.15) is 32.7 Å². The summed E-state index contributed by atoms with van der Waals surface area (Å²) < 4.78 is 7.05. The van der Waals surface area contributed by atoms with Crippen LogP contribution in [-0.4, -0.2) is 95.2 Å². The highest BCUT2D eigenvalue weighted by Gasteiger charge is 2.42. The third kappa shape index (κ3) is 5.29. The van der Waals surface area contributed by atoms with Gasteiger partial charge in [-0.2, -0.15) is 15.1 Å². The summed E-state index contributed by atoms with van der Waals surface area (Å²) in [5.41, 5.74) is 1.04. The number of rotatable bonds is 8. The molecule has 2 atom stereocenters. The molecular weight excluding hydrogens is 496 g/mol. The summed E-state index contributed by atoms with van der Waals surface area (Å²) in [5.74, 6) is 3.98. The highest BCUT2D eigenvalue weighted by Crippen LogP contribution is 2.34. The maximum Gasteiger partial charge on any atom is 0.317 e. The van der Waals surface area contributed by atoms with Gasteiger partial charge in [0.2, 0.25) is 5.95 Å². The highest BCUT2D eigenvalue weighted by atomic mass is 16.5. The second-order valence-electron chi connectivity index (χ2n) is 11.1. The molecule has 2 N–H and O–H groups in total. The number of aromatic nitrogens is 5. The fourth-order valence-electron chi connectivity index (χ4n) is 5.98. The molecule has 3 fully saturated rings. The minimum absolute atomic E-state index is 0.00459. The Morgan fingerprint density at radius 1 is 1.03 bits per heavy atom. The van der Waals surface area contributed by atoms with Crippen LogP contribution in [-0.2, 0) is 4.74 Å². The van der Waals surface area contributed by atoms with Crippen LogP contribution in [0, 0.1) is 11.8 Å². The third-order valence-corrected chi connectivity index (χ3v) is 7.99. The van der Waals surface area contributed by atoms with Gasteiger partial charge in [0, 0.05) is 94.5 Å². The molecule has 208 valence electrons. The molecule has 0 saturated carbocycles. The van der Waals surface area contributed by atoms with E-state index in [-0.39, 0.29) is 12.1 Å². The number of urea groups is 1. The monoisotopic (exact) mass is 534 g/mol. The minimum Gasteiger partial charge on any atom is -0.383 e. The largest absolute Gasteiger partial charge is 0.383 e. The van der Waals surface area contributed by atoms with Gasteiger partial charge in [-0.3, -0.25) is 4.68 Å². The predicted molar refractivity (Wildman–Crippen MR) is 151 cm³/mol. The van der Waals surface area contributed by atoms with Crippen molar-refractivity contribution in [2.45, 2.75) is 32.7 Å². The standard InChI is InChI=1S/C27H38N10O2/c1-18(2)37-22-10-23(29-12-19(22)13-30-37)31-24-11-25(34-7-4-5-8-34)33-26(32-24)35-14-20-16-36(17-21(20)15-35)27(38)28-6-9-39-3/h10-13,18,20-21H,4-9,14-17H2,1-3H3,(H,28,38)(H,29,31,32,33)/t20-,21+. The van der Waals surface area contributed by atoms with Crippen LogP contribution in [0.4, 0.5) is 28.2 Å². The van der Waals surface area contributed by atoms with Crippen LogP contribution < -0.4 is 20.4 Å². The number of anilines is 4. The number of nitrogens with one attached hydrogen (secondary N) is 2. The maximum atomic E-state index is 12.5. The summed E-state index contributed by atoms with van der Waals surface area (Å²) in [6.07, 6.45) is 6.06. The molecule has 0 radical (unpaired) electrons. The normalized spacial score (nSPS) is 20.9. The molecular formula is C27H38N10O2. The smallest absolute Gasteiger partial charge is 0.317 e. The molecule has 0 aromatic carbocycles. The van der Waals surface area contributed by atoms with Gasteiger partial charge in [0.15, 0.2) is 0 Å². The number of carbonyl (C=O) groups excluding carboxylic acids is 1. The van der Waals surface area contributed by atoms with E-state index < -0.39 is 0 Å². The first-order valence-electron chi connectivity index (χ1n) is 14.0. The summed E-state index contributed by atoms with van der Waals surface area (Å²) in [5, 5.41) is 11.9. The molecule has 39 heavy (non-hydrogen) atoms. The molecule has 0 unspecified atom stereocenters. The number of ether oxygens (including phenoxy) is 1. The lowest BCUT2D eigenvalue weighted by atomic mass is 10.0. The highest BCUT2D eigenvalue weighted by molar-refractivity contribution is 5.81. The lowest BCUT2D eigenvalue weighted by Gasteiger charge is -2.24. The first-order chi connectivity index (χ1) is 19.0. The summed E-state index contributed by atoms with van der Waals surface area (Å²) in [6.45, 7) is 10.5. The first-order valence-corrected chi connectivity index (χ1v) is 14.0. The second kappa shape index (κ2) is 10.8. The van der Waals surface area contributed by atoms with Crippen molar-refractivity contribution in [1.82, 2.24) is 34.9 Å². The average molecular weight is 535 g/mol. The van der Waals surface area contributed by atoms with E-state index >= 15 is 0 Å². The molecule has 0 spiro atoms. The number of carbonyl (C=O) groups is 1. The van der Waals surface area contributed by atoms with Gasteiger partial charge in [-0.1, -0.05) is 0 Å². The Bertz CT molecular complexity index is 1310. The Kier molecular flexibility index (Phi) is 7.11. The molecule has 3 aromatic heterocycles. The molecule has 0 aliphatic carbocycles. The second-order valence-corrected chi connectivity index (χ2v) is 11.1. The molecule has 0 bridgehead atoms. The van der Waals surface area contributed by atoms with Crippen molar-refractivity contribution in [1.29, 1.82) is 0 Å². The zero-order chi connectivity index (χ0) is 26.9. The van der Waals surface area contributed by atoms with Crippen LogP contribution in [0.25, 0.3) is 10.9 Å². The topological polar surface area (TPSA) is 117 Å². The molecule has 3 aliphatic rings. The summed E-state index contributed by atoms with van der Waals surface area (Å²) in [7, 11) is 1.64. The van der Waals surface area contributed by atoms with Gasteiger partial charge >= 0.3 is 6.03 Å². The molecule has 3 aliphatic heterocycles. The number of fused-ring (bicyclic) bond motifs is 2. The van der Waals surface area contributed by atoms with Crippen LogP contribution in [0.3, 0.4) is 0 Å². The SMILES string of the molecule is COCCNC(=O)N1C[C@@H]2CN(c3nc(Nc4cc5c(cn4)cnn5C(C)C)cc(N4CCCC4)n3)C[C@@H]2C1. The Morgan fingerprint density at radius 3 is 2.51 bits per heavy atom. The molecule has 3 aromatic rings. The van der Waals surface area contributed by atoms with Crippen LogP contribution in [0.5, 0.6) is 0 Å². The van der Waals surface area contributed by atoms with E-state index in [1.807, 2.05) is 34.1 Å². The Hall–Kier alpha value is -3.67. The van der Waals surface area contributed by atoms with Gasteiger partial charge in [-0.25, -0.2) is 9.78 Å². The molecule has 12 heteroatoms. The molecule has 6 rings (SSSR count). The van der Waals surface area contributed by atoms with Crippen LogP contribution in [0.15, 0.2) is 24.5 Å². The third-order valence-electron chi connectivity index (χ3n) is 7.99. The van der Waals surface area contributed by atoms with Crippen molar-refractivity contribution in [3.63, 3.8) is 0 Å². The van der Waals surface area contributed by atoms with E-state index in [4.69, 9.17) is 14.7 Å². The van der Waals surface area contributed by atoms with Crippen molar-refractivity contribution in [2.24, 2.45) is 11.8 Å². The predicted octanol–water partition coefficient (Wildman–Crippen LogP) is 2.87. The molecule has 6 heterocycles. The zero-order valence-electron chi connectivity index (χ0n) is 23.0. The Morgan fingerprint density at radius 2 is 1.79 bits per heavy atom. The van der Waals surface area contributed by atoms with Crippen molar-refractivity contribution >= 4 is 40.3 Å². The molecule has 3 saturated heterocycles. The van der Waals surface area contributed by atoms with Gasteiger partial charge in [0.05, 0.1) is 18.3 Å². The Labute approximate surface area is 228 Å². The minimum atomic E-state index is -0.00459. The number of hydrogen-bond donors (Lipinski definition) is 2. The van der Waals surface area contributed by atoms with E-state index in [1.54, 1.807) is 7.11 Å². The summed E-state index contributed by atoms with van der Waals surface area (Å²) >= 11 is 0. The van der Waals surface area contributed by atoms with Crippen molar-refractivity contribution < 1.29 is 9.53 Å². The number of amides is 2. The van der Waals surface area contributed by atoms with Gasteiger partial charge in [0.1, 0.15) is 17.5 Å². The molecule has 2 amide bonds. The number of hydrogen-bond acceptors (Lipinski definition) is 9. The van der Waals surface area contributed by atoms with Gasteiger partial charge in [-0.15, -0.1) is 0 Å².